The molecule has 2 aliphatic rings. The second kappa shape index (κ2) is 8.93. The van der Waals surface area contributed by atoms with Crippen LogP contribution in [0, 0.1) is 0 Å². The van der Waals surface area contributed by atoms with E-state index in [-0.39, 0.29) is 24.5 Å². The van der Waals surface area contributed by atoms with E-state index < -0.39 is 10.0 Å². The fraction of sp³-hybridized carbons (Fsp3) is 0.429. The van der Waals surface area contributed by atoms with Crippen LogP contribution >= 0.6 is 23.2 Å². The van der Waals surface area contributed by atoms with Gasteiger partial charge in [0.05, 0.1) is 28.6 Å². The summed E-state index contributed by atoms with van der Waals surface area (Å²) in [6.07, 6.45) is 1.49. The smallest absolute Gasteiger partial charge is 0.217 e. The number of halogens is 2. The Morgan fingerprint density at radius 1 is 1.07 bits per heavy atom. The predicted octanol–water partition coefficient (Wildman–Crippen LogP) is 3.72. The fourth-order valence-corrected chi connectivity index (χ4v) is 6.04. The van der Waals surface area contributed by atoms with Crippen LogP contribution in [-0.4, -0.2) is 55.9 Å². The molecule has 30 heavy (non-hydrogen) atoms. The van der Waals surface area contributed by atoms with Crippen LogP contribution < -0.4 is 9.64 Å². The minimum Gasteiger partial charge on any atom is -0.491 e. The first kappa shape index (κ1) is 21.7. The summed E-state index contributed by atoms with van der Waals surface area (Å²) in [5.74, 6) is 0.579. The molecule has 2 aromatic rings. The molecule has 0 unspecified atom stereocenters. The average Bonchev–Trinajstić information content (AvgIpc) is 3.59. The number of nitrogens with zero attached hydrogens (tertiary/aromatic N) is 2. The number of rotatable bonds is 7. The standard InChI is InChI=1S/C21H24Cl2N2O4S/c22-16-3-1-15(2-4-16)21-14-24(30(27,28)18-6-7-18)9-10-25(21)20-8-5-17(13-19(20)23)29-12-11-26/h1-5,8,13,18,21,26H,6-7,9-12,14H2/t21-/m0/s1. The number of piperazine rings is 1. The first-order valence-electron chi connectivity index (χ1n) is 9.94. The number of ether oxygens (including phenoxy) is 1. The maximum absolute atomic E-state index is 12.9. The number of sulfonamides is 1. The van der Waals surface area contributed by atoms with Gasteiger partial charge in [-0.3, -0.25) is 0 Å². The van der Waals surface area contributed by atoms with Gasteiger partial charge in [-0.15, -0.1) is 0 Å². The first-order chi connectivity index (χ1) is 14.4. The molecule has 1 saturated heterocycles. The number of anilines is 1. The minimum atomic E-state index is -3.27. The highest BCUT2D eigenvalue weighted by Gasteiger charge is 2.43. The molecule has 1 aliphatic heterocycles. The lowest BCUT2D eigenvalue weighted by Crippen LogP contribution is -2.51. The molecule has 2 aromatic carbocycles. The van der Waals surface area contributed by atoms with Crippen LogP contribution in [0.1, 0.15) is 24.4 Å². The van der Waals surface area contributed by atoms with Gasteiger partial charge in [0.2, 0.25) is 10.0 Å². The lowest BCUT2D eigenvalue weighted by molar-refractivity contribution is 0.201. The normalized spacial score (nSPS) is 20.4. The van der Waals surface area contributed by atoms with Gasteiger partial charge >= 0.3 is 0 Å². The number of aliphatic hydroxyl groups excluding tert-OH is 1. The van der Waals surface area contributed by atoms with Crippen LogP contribution in [0.25, 0.3) is 0 Å². The molecule has 0 amide bonds. The van der Waals surface area contributed by atoms with Gasteiger partial charge < -0.3 is 14.7 Å². The van der Waals surface area contributed by atoms with Crippen molar-refractivity contribution in [3.63, 3.8) is 0 Å². The Morgan fingerprint density at radius 2 is 1.80 bits per heavy atom. The SMILES string of the molecule is O=S(=O)(C1CC1)N1CCN(c2ccc(OCCO)cc2Cl)[C@H](c2ccc(Cl)cc2)C1. The van der Waals surface area contributed by atoms with E-state index in [0.29, 0.717) is 35.4 Å². The molecule has 2 fully saturated rings. The molecule has 4 rings (SSSR count). The van der Waals surface area contributed by atoms with Gasteiger partial charge in [0.15, 0.2) is 0 Å². The van der Waals surface area contributed by atoms with E-state index in [1.54, 1.807) is 10.4 Å². The van der Waals surface area contributed by atoms with Gasteiger partial charge in [0.1, 0.15) is 12.4 Å². The van der Waals surface area contributed by atoms with Crippen molar-refractivity contribution in [2.45, 2.75) is 24.1 Å². The highest BCUT2D eigenvalue weighted by molar-refractivity contribution is 7.90. The second-order valence-corrected chi connectivity index (χ2v) is 10.6. The minimum absolute atomic E-state index is 0.0740. The summed E-state index contributed by atoms with van der Waals surface area (Å²) in [6, 6.07) is 12.7. The Labute approximate surface area is 187 Å². The van der Waals surface area contributed by atoms with E-state index in [2.05, 4.69) is 4.90 Å². The van der Waals surface area contributed by atoms with E-state index in [1.807, 2.05) is 36.4 Å². The van der Waals surface area contributed by atoms with Gasteiger partial charge in [-0.25, -0.2) is 8.42 Å². The van der Waals surface area contributed by atoms with E-state index in [4.69, 9.17) is 33.0 Å². The lowest BCUT2D eigenvalue weighted by atomic mass is 10.0. The van der Waals surface area contributed by atoms with Gasteiger partial charge in [-0.05, 0) is 42.7 Å². The molecule has 0 bridgehead atoms. The van der Waals surface area contributed by atoms with E-state index >= 15 is 0 Å². The van der Waals surface area contributed by atoms with Gasteiger partial charge in [0.25, 0.3) is 0 Å². The highest BCUT2D eigenvalue weighted by atomic mass is 35.5. The van der Waals surface area contributed by atoms with Crippen molar-refractivity contribution in [3.8, 4) is 5.75 Å². The fourth-order valence-electron chi connectivity index (χ4n) is 3.80. The third-order valence-corrected chi connectivity index (χ3v) is 8.41. The van der Waals surface area contributed by atoms with Crippen molar-refractivity contribution in [1.29, 1.82) is 0 Å². The maximum atomic E-state index is 12.9. The van der Waals surface area contributed by atoms with Gasteiger partial charge in [-0.2, -0.15) is 4.31 Å². The maximum Gasteiger partial charge on any atom is 0.217 e. The molecule has 1 saturated carbocycles. The summed E-state index contributed by atoms with van der Waals surface area (Å²) in [5.41, 5.74) is 1.79. The molecule has 1 heterocycles. The molecule has 1 N–H and O–H groups in total. The molecule has 162 valence electrons. The van der Waals surface area contributed by atoms with Crippen LogP contribution in [0.3, 0.4) is 0 Å². The summed E-state index contributed by atoms with van der Waals surface area (Å²) in [6.45, 7) is 1.42. The summed E-state index contributed by atoms with van der Waals surface area (Å²) in [4.78, 5) is 2.14. The van der Waals surface area contributed by atoms with Crippen LogP contribution in [0.5, 0.6) is 5.75 Å². The van der Waals surface area contributed by atoms with E-state index in [0.717, 1.165) is 24.1 Å². The molecular weight excluding hydrogens is 447 g/mol. The third-order valence-electron chi connectivity index (χ3n) is 5.49. The molecule has 0 spiro atoms. The highest BCUT2D eigenvalue weighted by Crippen LogP contribution is 2.39. The van der Waals surface area contributed by atoms with Crippen molar-refractivity contribution in [2.75, 3.05) is 37.7 Å². The lowest BCUT2D eigenvalue weighted by Gasteiger charge is -2.43. The van der Waals surface area contributed by atoms with Gasteiger partial charge in [0, 0.05) is 30.7 Å². The van der Waals surface area contributed by atoms with Gasteiger partial charge in [-0.1, -0.05) is 35.3 Å². The van der Waals surface area contributed by atoms with Crippen molar-refractivity contribution in [1.82, 2.24) is 4.31 Å². The Balaban J connectivity index is 1.65. The second-order valence-electron chi connectivity index (χ2n) is 7.55. The number of hydrogen-bond acceptors (Lipinski definition) is 5. The van der Waals surface area contributed by atoms with Crippen molar-refractivity contribution in [2.24, 2.45) is 0 Å². The largest absolute Gasteiger partial charge is 0.491 e. The quantitative estimate of drug-likeness (QED) is 0.667. The molecule has 1 aliphatic carbocycles. The Morgan fingerprint density at radius 3 is 2.43 bits per heavy atom. The van der Waals surface area contributed by atoms with E-state index in [9.17, 15) is 8.42 Å². The molecule has 9 heteroatoms. The zero-order valence-corrected chi connectivity index (χ0v) is 18.7. The topological polar surface area (TPSA) is 70.1 Å². The molecule has 1 atom stereocenters. The summed E-state index contributed by atoms with van der Waals surface area (Å²) in [5, 5.41) is 9.85. The number of hydrogen-bond donors (Lipinski definition) is 1. The number of benzene rings is 2. The summed E-state index contributed by atoms with van der Waals surface area (Å²) < 4.78 is 32.8. The number of aliphatic hydroxyl groups is 1. The summed E-state index contributed by atoms with van der Waals surface area (Å²) >= 11 is 12.6. The van der Waals surface area contributed by atoms with Crippen molar-refractivity contribution < 1.29 is 18.3 Å². The van der Waals surface area contributed by atoms with Crippen molar-refractivity contribution in [3.05, 3.63) is 58.1 Å². The summed E-state index contributed by atoms with van der Waals surface area (Å²) in [7, 11) is -3.27. The van der Waals surface area contributed by atoms with Crippen LogP contribution in [0.2, 0.25) is 10.0 Å². The monoisotopic (exact) mass is 470 g/mol. The molecule has 0 radical (unpaired) electrons. The van der Waals surface area contributed by atoms with E-state index in [1.165, 1.54) is 0 Å². The molecular formula is C21H24Cl2N2O4S. The zero-order valence-electron chi connectivity index (χ0n) is 16.4. The van der Waals surface area contributed by atoms with Crippen LogP contribution in [0.15, 0.2) is 42.5 Å². The Kier molecular flexibility index (Phi) is 6.46. The third kappa shape index (κ3) is 4.55. The molecule has 0 aromatic heterocycles. The Hall–Kier alpha value is -1.51. The van der Waals surface area contributed by atoms with Crippen LogP contribution in [0.4, 0.5) is 5.69 Å². The Bertz CT molecular complexity index is 997. The average molecular weight is 471 g/mol. The molecule has 6 nitrogen and oxygen atoms in total. The first-order valence-corrected chi connectivity index (χ1v) is 12.2. The predicted molar refractivity (Wildman–Crippen MR) is 119 cm³/mol. The van der Waals surface area contributed by atoms with Crippen LogP contribution in [-0.2, 0) is 10.0 Å². The van der Waals surface area contributed by atoms with Crippen molar-refractivity contribution >= 4 is 38.9 Å². The zero-order chi connectivity index (χ0) is 21.3.